The van der Waals surface area contributed by atoms with Gasteiger partial charge in [0.1, 0.15) is 5.76 Å². The van der Waals surface area contributed by atoms with Gasteiger partial charge in [-0.1, -0.05) is 28.1 Å². The average molecular weight is 478 g/mol. The smallest absolute Gasteiger partial charge is 0.295 e. The minimum Gasteiger partial charge on any atom is -0.507 e. The molecule has 0 spiro atoms. The number of benzene rings is 1. The highest BCUT2D eigenvalue weighted by Gasteiger charge is 2.46. The van der Waals surface area contributed by atoms with E-state index in [0.717, 1.165) is 14.9 Å². The largest absolute Gasteiger partial charge is 0.507 e. The molecule has 1 aliphatic rings. The van der Waals surface area contributed by atoms with E-state index < -0.39 is 17.7 Å². The number of hydrogen-bond acceptors (Lipinski definition) is 5. The monoisotopic (exact) mass is 477 g/mol. The Labute approximate surface area is 183 Å². The van der Waals surface area contributed by atoms with E-state index in [1.54, 1.807) is 29.2 Å². The number of Topliss-reactive ketones (excluding diaryl/α,β-unsaturated/α-hetero) is 1. The number of aliphatic hydroxyl groups is 1. The molecule has 1 unspecified atom stereocenters. The number of nitrogens with zero attached hydrogens (tertiary/aromatic N) is 1. The molecular formula is C22H24BrNO4S. The molecule has 0 bridgehead atoms. The van der Waals surface area contributed by atoms with Gasteiger partial charge < -0.3 is 14.7 Å². The predicted molar refractivity (Wildman–Crippen MR) is 118 cm³/mol. The first kappa shape index (κ1) is 21.7. The van der Waals surface area contributed by atoms with Gasteiger partial charge in [-0.15, -0.1) is 11.3 Å². The Morgan fingerprint density at radius 3 is 2.52 bits per heavy atom. The summed E-state index contributed by atoms with van der Waals surface area (Å²) in [5.41, 5.74) is 1.65. The first-order valence-electron chi connectivity index (χ1n) is 9.51. The lowest BCUT2D eigenvalue weighted by molar-refractivity contribution is -0.140. The van der Waals surface area contributed by atoms with E-state index in [-0.39, 0.29) is 17.4 Å². The third-order valence-electron chi connectivity index (χ3n) is 4.80. The molecule has 1 aromatic heterocycles. The van der Waals surface area contributed by atoms with E-state index in [1.165, 1.54) is 11.3 Å². The zero-order valence-electron chi connectivity index (χ0n) is 16.6. The van der Waals surface area contributed by atoms with Crippen molar-refractivity contribution in [3.8, 4) is 0 Å². The van der Waals surface area contributed by atoms with Gasteiger partial charge in [-0.05, 0) is 56.3 Å². The van der Waals surface area contributed by atoms with E-state index in [1.807, 2.05) is 32.2 Å². The molecule has 2 aromatic rings. The van der Waals surface area contributed by atoms with Crippen LogP contribution in [0.15, 0.2) is 45.8 Å². The van der Waals surface area contributed by atoms with Crippen LogP contribution < -0.4 is 0 Å². The number of aliphatic hydroxyl groups excluding tert-OH is 1. The molecule has 154 valence electrons. The van der Waals surface area contributed by atoms with Crippen LogP contribution in [-0.4, -0.2) is 41.0 Å². The molecule has 1 N–H and O–H groups in total. The van der Waals surface area contributed by atoms with Crippen LogP contribution in [-0.2, 0) is 14.3 Å². The quantitative estimate of drug-likeness (QED) is 0.262. The summed E-state index contributed by atoms with van der Waals surface area (Å²) in [4.78, 5) is 28.2. The van der Waals surface area contributed by atoms with Crippen molar-refractivity contribution in [2.24, 2.45) is 0 Å². The first-order valence-corrected chi connectivity index (χ1v) is 11.2. The zero-order valence-corrected chi connectivity index (χ0v) is 19.0. The second-order valence-corrected chi connectivity index (χ2v) is 9.10. The third-order valence-corrected chi connectivity index (χ3v) is 6.40. The van der Waals surface area contributed by atoms with Crippen molar-refractivity contribution in [3.63, 3.8) is 0 Å². The Kier molecular flexibility index (Phi) is 6.93. The van der Waals surface area contributed by atoms with Crippen LogP contribution in [0.3, 0.4) is 0 Å². The second-order valence-electron chi connectivity index (χ2n) is 7.24. The summed E-state index contributed by atoms with van der Waals surface area (Å²) in [6, 6.07) is 8.41. The molecule has 29 heavy (non-hydrogen) atoms. The van der Waals surface area contributed by atoms with Crippen molar-refractivity contribution in [2.45, 2.75) is 39.3 Å². The van der Waals surface area contributed by atoms with Crippen molar-refractivity contribution in [2.75, 3.05) is 13.2 Å². The molecule has 1 amide bonds. The van der Waals surface area contributed by atoms with Gasteiger partial charge in [0.2, 0.25) is 0 Å². The van der Waals surface area contributed by atoms with Gasteiger partial charge in [0, 0.05) is 28.1 Å². The van der Waals surface area contributed by atoms with E-state index in [4.69, 9.17) is 4.74 Å². The summed E-state index contributed by atoms with van der Waals surface area (Å²) in [6.07, 6.45) is 0.725. The number of rotatable bonds is 7. The maximum atomic E-state index is 12.9. The van der Waals surface area contributed by atoms with Crippen molar-refractivity contribution < 1.29 is 19.4 Å². The predicted octanol–water partition coefficient (Wildman–Crippen LogP) is 5.06. The van der Waals surface area contributed by atoms with Gasteiger partial charge in [-0.3, -0.25) is 9.59 Å². The van der Waals surface area contributed by atoms with Crippen LogP contribution in [0.5, 0.6) is 0 Å². The standard InChI is InChI=1S/C22H24BrNO4S/c1-13(2)28-11-4-10-24-18(21-14(3)9-12-29-21)17(20(26)22(24)27)19(25)15-5-7-16(23)8-6-15/h5-9,12-13,18,25H,4,10-11H2,1-3H3/b19-17-. The molecule has 0 saturated carbocycles. The average Bonchev–Trinajstić information content (AvgIpc) is 3.20. The van der Waals surface area contributed by atoms with E-state index >= 15 is 0 Å². The summed E-state index contributed by atoms with van der Waals surface area (Å²) in [5.74, 6) is -1.37. The lowest BCUT2D eigenvalue weighted by Crippen LogP contribution is -2.31. The molecule has 3 rings (SSSR count). The number of aryl methyl sites for hydroxylation is 1. The van der Waals surface area contributed by atoms with Crippen molar-refractivity contribution in [1.82, 2.24) is 4.90 Å². The summed E-state index contributed by atoms with van der Waals surface area (Å²) in [7, 11) is 0. The third kappa shape index (κ3) is 4.63. The Morgan fingerprint density at radius 2 is 1.93 bits per heavy atom. The van der Waals surface area contributed by atoms with Crippen LogP contribution in [0.25, 0.3) is 5.76 Å². The number of carbonyl (C=O) groups excluding carboxylic acids is 2. The lowest BCUT2D eigenvalue weighted by atomic mass is 9.98. The lowest BCUT2D eigenvalue weighted by Gasteiger charge is -2.25. The normalized spacial score (nSPS) is 18.8. The van der Waals surface area contributed by atoms with Crippen LogP contribution in [0.2, 0.25) is 0 Å². The number of thiophene rings is 1. The molecule has 0 radical (unpaired) electrons. The summed E-state index contributed by atoms with van der Waals surface area (Å²) in [6.45, 7) is 6.76. The molecule has 7 heteroatoms. The molecule has 0 aliphatic carbocycles. The molecule has 5 nitrogen and oxygen atoms in total. The topological polar surface area (TPSA) is 66.8 Å². The molecule has 2 heterocycles. The highest BCUT2D eigenvalue weighted by Crippen LogP contribution is 2.42. The molecule has 1 fully saturated rings. The zero-order chi connectivity index (χ0) is 21.1. The highest BCUT2D eigenvalue weighted by atomic mass is 79.9. The fraction of sp³-hybridized carbons (Fsp3) is 0.364. The number of carbonyl (C=O) groups is 2. The van der Waals surface area contributed by atoms with Gasteiger partial charge >= 0.3 is 0 Å². The second kappa shape index (κ2) is 9.24. The minimum absolute atomic E-state index is 0.109. The van der Waals surface area contributed by atoms with Gasteiger partial charge in [-0.25, -0.2) is 0 Å². The summed E-state index contributed by atoms with van der Waals surface area (Å²) < 4.78 is 6.45. The number of amides is 1. The first-order chi connectivity index (χ1) is 13.8. The van der Waals surface area contributed by atoms with Crippen LogP contribution in [0.1, 0.15) is 42.3 Å². The van der Waals surface area contributed by atoms with Gasteiger partial charge in [0.05, 0.1) is 17.7 Å². The highest BCUT2D eigenvalue weighted by molar-refractivity contribution is 9.10. The molecule has 1 saturated heterocycles. The number of halogens is 1. The van der Waals surface area contributed by atoms with Crippen LogP contribution in [0, 0.1) is 6.92 Å². The number of ketones is 1. The van der Waals surface area contributed by atoms with E-state index in [0.29, 0.717) is 25.1 Å². The number of ether oxygens (including phenoxy) is 1. The number of likely N-dealkylation sites (tertiary alicyclic amines) is 1. The fourth-order valence-corrected chi connectivity index (χ4v) is 4.68. The van der Waals surface area contributed by atoms with Gasteiger partial charge in [-0.2, -0.15) is 0 Å². The molecule has 1 aliphatic heterocycles. The van der Waals surface area contributed by atoms with Crippen molar-refractivity contribution in [3.05, 3.63) is 61.8 Å². The summed E-state index contributed by atoms with van der Waals surface area (Å²) >= 11 is 4.86. The minimum atomic E-state index is -0.645. The van der Waals surface area contributed by atoms with Gasteiger partial charge in [0.25, 0.3) is 11.7 Å². The van der Waals surface area contributed by atoms with Crippen LogP contribution >= 0.6 is 27.3 Å². The molecule has 1 aromatic carbocycles. The fourth-order valence-electron chi connectivity index (χ4n) is 3.36. The Bertz CT molecular complexity index is 933. The maximum Gasteiger partial charge on any atom is 0.295 e. The van der Waals surface area contributed by atoms with E-state index in [2.05, 4.69) is 15.9 Å². The summed E-state index contributed by atoms with van der Waals surface area (Å²) in [5, 5.41) is 12.9. The van der Waals surface area contributed by atoms with Crippen molar-refractivity contribution in [1.29, 1.82) is 0 Å². The number of hydrogen-bond donors (Lipinski definition) is 1. The Morgan fingerprint density at radius 1 is 1.24 bits per heavy atom. The van der Waals surface area contributed by atoms with Crippen LogP contribution in [0.4, 0.5) is 0 Å². The Balaban J connectivity index is 2.01. The SMILES string of the molecule is Cc1ccsc1C1/C(=C(/O)c2ccc(Br)cc2)C(=O)C(=O)N1CCCOC(C)C. The molecule has 1 atom stereocenters. The van der Waals surface area contributed by atoms with Crippen molar-refractivity contribution >= 4 is 44.7 Å². The van der Waals surface area contributed by atoms with Gasteiger partial charge in [0.15, 0.2) is 0 Å². The molecular weight excluding hydrogens is 454 g/mol. The maximum absolute atomic E-state index is 12.9. The van der Waals surface area contributed by atoms with E-state index in [9.17, 15) is 14.7 Å². The Hall–Kier alpha value is -1.96.